The number of ether oxygens (including phenoxy) is 1. The molecule has 0 unspecified atom stereocenters. The van der Waals surface area contributed by atoms with E-state index in [0.717, 1.165) is 38.5 Å². The number of carbonyl (C=O) groups is 2. The number of aromatic nitrogens is 2. The van der Waals surface area contributed by atoms with Crippen LogP contribution in [0.5, 0.6) is 0 Å². The van der Waals surface area contributed by atoms with Crippen molar-refractivity contribution in [1.29, 1.82) is 0 Å². The van der Waals surface area contributed by atoms with Crippen molar-refractivity contribution in [3.63, 3.8) is 0 Å². The standard InChI is InChI=1S/C16H23N3O4/c1-2-3-10-19-15(21)9-8-13(18-19)16(22)23-11-14(20)17-12-6-4-5-7-12/h8-9,12H,2-7,10-11H2,1H3,(H,17,20). The third kappa shape index (κ3) is 5.19. The molecule has 1 heterocycles. The van der Waals surface area contributed by atoms with E-state index >= 15 is 0 Å². The van der Waals surface area contributed by atoms with E-state index < -0.39 is 5.97 Å². The normalized spacial score (nSPS) is 14.7. The SMILES string of the molecule is CCCCn1nc(C(=O)OCC(=O)NC2CCCC2)ccc1=O. The zero-order valence-electron chi connectivity index (χ0n) is 13.4. The number of aryl methyl sites for hydroxylation is 1. The van der Waals surface area contributed by atoms with Gasteiger partial charge in [-0.3, -0.25) is 9.59 Å². The van der Waals surface area contributed by atoms with Crippen molar-refractivity contribution in [3.8, 4) is 0 Å². The lowest BCUT2D eigenvalue weighted by atomic mass is 10.2. The maximum Gasteiger partial charge on any atom is 0.359 e. The molecule has 1 aliphatic rings. The highest BCUT2D eigenvalue weighted by Crippen LogP contribution is 2.17. The van der Waals surface area contributed by atoms with Crippen molar-refractivity contribution >= 4 is 11.9 Å². The number of nitrogens with zero attached hydrogens (tertiary/aromatic N) is 2. The van der Waals surface area contributed by atoms with E-state index in [1.807, 2.05) is 6.92 Å². The summed E-state index contributed by atoms with van der Waals surface area (Å²) in [6.45, 7) is 2.13. The predicted molar refractivity (Wildman–Crippen MR) is 84.1 cm³/mol. The summed E-state index contributed by atoms with van der Waals surface area (Å²) in [6.07, 6.45) is 5.91. The molecule has 0 spiro atoms. The van der Waals surface area contributed by atoms with E-state index in [4.69, 9.17) is 4.74 Å². The van der Waals surface area contributed by atoms with E-state index in [9.17, 15) is 14.4 Å². The number of hydrogen-bond donors (Lipinski definition) is 1. The molecule has 1 aromatic rings. The van der Waals surface area contributed by atoms with Crippen LogP contribution in [0.2, 0.25) is 0 Å². The monoisotopic (exact) mass is 321 g/mol. The Labute approximate surface area is 135 Å². The molecule has 126 valence electrons. The lowest BCUT2D eigenvalue weighted by molar-refractivity contribution is -0.124. The van der Waals surface area contributed by atoms with Crippen LogP contribution in [0.1, 0.15) is 55.9 Å². The van der Waals surface area contributed by atoms with E-state index in [0.29, 0.717) is 6.54 Å². The van der Waals surface area contributed by atoms with Crippen molar-refractivity contribution in [2.75, 3.05) is 6.61 Å². The van der Waals surface area contributed by atoms with Crippen molar-refractivity contribution in [2.45, 2.75) is 58.0 Å². The van der Waals surface area contributed by atoms with Crippen molar-refractivity contribution in [1.82, 2.24) is 15.1 Å². The summed E-state index contributed by atoms with van der Waals surface area (Å²) in [6, 6.07) is 2.80. The summed E-state index contributed by atoms with van der Waals surface area (Å²) in [5, 5.41) is 6.83. The number of hydrogen-bond acceptors (Lipinski definition) is 5. The first-order valence-electron chi connectivity index (χ1n) is 8.15. The third-order valence-corrected chi connectivity index (χ3v) is 3.85. The molecule has 7 nitrogen and oxygen atoms in total. The van der Waals surface area contributed by atoms with Gasteiger partial charge in [-0.15, -0.1) is 0 Å². The van der Waals surface area contributed by atoms with Gasteiger partial charge in [0.1, 0.15) is 0 Å². The average Bonchev–Trinajstić information content (AvgIpc) is 3.04. The van der Waals surface area contributed by atoms with Crippen LogP contribution in [-0.2, 0) is 16.1 Å². The summed E-state index contributed by atoms with van der Waals surface area (Å²) in [5.41, 5.74) is -0.219. The average molecular weight is 321 g/mol. The van der Waals surface area contributed by atoms with E-state index in [-0.39, 0.29) is 29.8 Å². The molecule has 1 aliphatic carbocycles. The van der Waals surface area contributed by atoms with Crippen LogP contribution in [-0.4, -0.2) is 34.3 Å². The van der Waals surface area contributed by atoms with Gasteiger partial charge in [-0.1, -0.05) is 26.2 Å². The topological polar surface area (TPSA) is 90.3 Å². The minimum Gasteiger partial charge on any atom is -0.451 e. The van der Waals surface area contributed by atoms with Crippen LogP contribution in [0.15, 0.2) is 16.9 Å². The molecule has 23 heavy (non-hydrogen) atoms. The van der Waals surface area contributed by atoms with Gasteiger partial charge in [0.05, 0.1) is 0 Å². The molecule has 1 aromatic heterocycles. The second-order valence-electron chi connectivity index (χ2n) is 5.76. The molecule has 1 saturated carbocycles. The van der Waals surface area contributed by atoms with E-state index in [1.54, 1.807) is 0 Å². The second kappa shape index (κ2) is 8.45. The van der Waals surface area contributed by atoms with Crippen LogP contribution in [0.25, 0.3) is 0 Å². The first-order valence-corrected chi connectivity index (χ1v) is 8.15. The smallest absolute Gasteiger partial charge is 0.359 e. The van der Waals surface area contributed by atoms with Crippen molar-refractivity contribution < 1.29 is 14.3 Å². The number of amides is 1. The molecule has 0 bridgehead atoms. The molecule has 2 rings (SSSR count). The Kier molecular flexibility index (Phi) is 6.31. The third-order valence-electron chi connectivity index (χ3n) is 3.85. The number of unbranched alkanes of at least 4 members (excludes halogenated alkanes) is 1. The van der Waals surface area contributed by atoms with Gasteiger partial charge in [-0.25, -0.2) is 9.48 Å². The largest absolute Gasteiger partial charge is 0.451 e. The molecule has 0 aromatic carbocycles. The number of carbonyl (C=O) groups excluding carboxylic acids is 2. The van der Waals surface area contributed by atoms with Crippen molar-refractivity contribution in [2.24, 2.45) is 0 Å². The highest BCUT2D eigenvalue weighted by Gasteiger charge is 2.18. The highest BCUT2D eigenvalue weighted by molar-refractivity contribution is 5.89. The van der Waals surface area contributed by atoms with Crippen LogP contribution in [0.4, 0.5) is 0 Å². The zero-order chi connectivity index (χ0) is 16.7. The van der Waals surface area contributed by atoms with Gasteiger partial charge in [0, 0.05) is 18.7 Å². The molecule has 0 atom stereocenters. The van der Waals surface area contributed by atoms with Gasteiger partial charge >= 0.3 is 5.97 Å². The van der Waals surface area contributed by atoms with E-state index in [2.05, 4.69) is 10.4 Å². The lowest BCUT2D eigenvalue weighted by Gasteiger charge is -2.12. The summed E-state index contributed by atoms with van der Waals surface area (Å²) in [7, 11) is 0. The molecule has 0 radical (unpaired) electrons. The van der Waals surface area contributed by atoms with Gasteiger partial charge in [-0.2, -0.15) is 5.10 Å². The highest BCUT2D eigenvalue weighted by atomic mass is 16.5. The fourth-order valence-corrected chi connectivity index (χ4v) is 2.57. The molecule has 0 aliphatic heterocycles. The second-order valence-corrected chi connectivity index (χ2v) is 5.76. The number of esters is 1. The van der Waals surface area contributed by atoms with Gasteiger partial charge < -0.3 is 10.1 Å². The molecule has 1 N–H and O–H groups in total. The molecule has 1 fully saturated rings. The van der Waals surface area contributed by atoms with Crippen LogP contribution in [0, 0.1) is 0 Å². The lowest BCUT2D eigenvalue weighted by Crippen LogP contribution is -2.36. The Balaban J connectivity index is 1.87. The number of rotatable bonds is 7. The summed E-state index contributed by atoms with van der Waals surface area (Å²) in [5.74, 6) is -0.999. The van der Waals surface area contributed by atoms with Crippen LogP contribution < -0.4 is 10.9 Å². The maximum absolute atomic E-state index is 11.9. The first kappa shape index (κ1) is 17.2. The predicted octanol–water partition coefficient (Wildman–Crippen LogP) is 1.26. The molecule has 7 heteroatoms. The van der Waals surface area contributed by atoms with Gasteiger partial charge in [0.25, 0.3) is 11.5 Å². The molecule has 0 saturated heterocycles. The molecular formula is C16H23N3O4. The Morgan fingerprint density at radius 3 is 2.78 bits per heavy atom. The Morgan fingerprint density at radius 2 is 2.09 bits per heavy atom. The molecular weight excluding hydrogens is 298 g/mol. The Morgan fingerprint density at radius 1 is 1.35 bits per heavy atom. The van der Waals surface area contributed by atoms with Crippen LogP contribution >= 0.6 is 0 Å². The van der Waals surface area contributed by atoms with Gasteiger partial charge in [0.2, 0.25) is 0 Å². The van der Waals surface area contributed by atoms with Gasteiger partial charge in [-0.05, 0) is 25.3 Å². The maximum atomic E-state index is 11.9. The number of nitrogens with one attached hydrogen (secondary N) is 1. The fourth-order valence-electron chi connectivity index (χ4n) is 2.57. The summed E-state index contributed by atoms with van der Waals surface area (Å²) >= 11 is 0. The minimum absolute atomic E-state index is 0.0365. The Hall–Kier alpha value is -2.18. The fraction of sp³-hybridized carbons (Fsp3) is 0.625. The summed E-state index contributed by atoms with van der Waals surface area (Å²) in [4.78, 5) is 35.3. The van der Waals surface area contributed by atoms with Crippen molar-refractivity contribution in [3.05, 3.63) is 28.2 Å². The quantitative estimate of drug-likeness (QED) is 0.764. The zero-order valence-corrected chi connectivity index (χ0v) is 13.4. The Bertz CT molecular complexity index is 606. The van der Waals surface area contributed by atoms with E-state index in [1.165, 1.54) is 16.8 Å². The van der Waals surface area contributed by atoms with Crippen LogP contribution in [0.3, 0.4) is 0 Å². The first-order chi connectivity index (χ1) is 11.1. The summed E-state index contributed by atoms with van der Waals surface area (Å²) < 4.78 is 6.22. The minimum atomic E-state index is -0.697. The molecule has 1 amide bonds. The van der Waals surface area contributed by atoms with Gasteiger partial charge in [0.15, 0.2) is 12.3 Å².